The molecule has 2 heterocycles. The molecule has 4 aromatic rings. The van der Waals surface area contributed by atoms with E-state index in [2.05, 4.69) is 70.7 Å². The standard InChI is InChI=1S/C25H22FN3/c1-29-14-12-20(19-9-8-17-5-2-3-6-18(17)15-19)21-10-11-22(25(26)23(21)16-29)24-7-4-13-27-28-24/h2-11,13,15,20H,12,14,16H2,1H3. The number of benzene rings is 3. The van der Waals surface area contributed by atoms with Crippen molar-refractivity contribution in [1.29, 1.82) is 0 Å². The minimum Gasteiger partial charge on any atom is -0.302 e. The van der Waals surface area contributed by atoms with Crippen molar-refractivity contribution >= 4 is 10.8 Å². The molecule has 0 N–H and O–H groups in total. The molecule has 1 unspecified atom stereocenters. The normalized spacial score (nSPS) is 17.1. The van der Waals surface area contributed by atoms with E-state index in [1.807, 2.05) is 6.07 Å². The van der Waals surface area contributed by atoms with Crippen LogP contribution in [0.1, 0.15) is 29.0 Å². The first kappa shape index (κ1) is 18.0. The molecule has 3 aromatic carbocycles. The lowest BCUT2D eigenvalue weighted by atomic mass is 9.84. The Morgan fingerprint density at radius 2 is 1.83 bits per heavy atom. The summed E-state index contributed by atoms with van der Waals surface area (Å²) in [7, 11) is 2.06. The lowest BCUT2D eigenvalue weighted by Gasteiger charge is -2.20. The number of halogens is 1. The average molecular weight is 383 g/mol. The first-order chi connectivity index (χ1) is 14.2. The highest BCUT2D eigenvalue weighted by Gasteiger charge is 2.26. The van der Waals surface area contributed by atoms with Gasteiger partial charge in [0, 0.05) is 29.8 Å². The third-order valence-corrected chi connectivity index (χ3v) is 5.91. The van der Waals surface area contributed by atoms with Crippen LogP contribution < -0.4 is 0 Å². The van der Waals surface area contributed by atoms with E-state index < -0.39 is 0 Å². The minimum absolute atomic E-state index is 0.171. The highest BCUT2D eigenvalue weighted by molar-refractivity contribution is 5.83. The van der Waals surface area contributed by atoms with Crippen LogP contribution in [0.15, 0.2) is 72.9 Å². The molecule has 0 spiro atoms. The van der Waals surface area contributed by atoms with Gasteiger partial charge in [-0.3, -0.25) is 0 Å². The summed E-state index contributed by atoms with van der Waals surface area (Å²) >= 11 is 0. The van der Waals surface area contributed by atoms with Crippen LogP contribution in [0.3, 0.4) is 0 Å². The molecule has 1 aromatic heterocycles. The second kappa shape index (κ2) is 7.37. The maximum atomic E-state index is 15.6. The molecule has 29 heavy (non-hydrogen) atoms. The zero-order valence-electron chi connectivity index (χ0n) is 16.3. The fourth-order valence-corrected chi connectivity index (χ4v) is 4.39. The van der Waals surface area contributed by atoms with Crippen molar-refractivity contribution in [3.05, 3.63) is 95.4 Å². The van der Waals surface area contributed by atoms with E-state index in [1.165, 1.54) is 16.3 Å². The predicted molar refractivity (Wildman–Crippen MR) is 114 cm³/mol. The summed E-state index contributed by atoms with van der Waals surface area (Å²) in [6.07, 6.45) is 2.57. The van der Waals surface area contributed by atoms with Gasteiger partial charge in [-0.25, -0.2) is 4.39 Å². The molecular formula is C25H22FN3. The van der Waals surface area contributed by atoms with Crippen molar-refractivity contribution in [1.82, 2.24) is 15.1 Å². The molecule has 0 amide bonds. The van der Waals surface area contributed by atoms with Crippen LogP contribution >= 0.6 is 0 Å². The molecule has 1 aliphatic rings. The van der Waals surface area contributed by atoms with Gasteiger partial charge in [0.25, 0.3) is 0 Å². The van der Waals surface area contributed by atoms with Gasteiger partial charge in [0.05, 0.1) is 5.69 Å². The third kappa shape index (κ3) is 3.30. The molecule has 1 aliphatic heterocycles. The Hall–Kier alpha value is -3.11. The minimum atomic E-state index is -0.178. The first-order valence-corrected chi connectivity index (χ1v) is 9.97. The quantitative estimate of drug-likeness (QED) is 0.464. The van der Waals surface area contributed by atoms with Crippen LogP contribution in [0.5, 0.6) is 0 Å². The molecule has 0 bridgehead atoms. The Morgan fingerprint density at radius 3 is 2.66 bits per heavy atom. The SMILES string of the molecule is CN1CCC(c2ccc3ccccc3c2)c2ccc(-c3cccnn3)c(F)c2C1. The van der Waals surface area contributed by atoms with Gasteiger partial charge < -0.3 is 4.90 Å². The van der Waals surface area contributed by atoms with Gasteiger partial charge >= 0.3 is 0 Å². The van der Waals surface area contributed by atoms with E-state index >= 15 is 4.39 Å². The Labute approximate surface area is 169 Å². The number of nitrogens with zero attached hydrogens (tertiary/aromatic N) is 3. The maximum Gasteiger partial charge on any atom is 0.137 e. The lowest BCUT2D eigenvalue weighted by Crippen LogP contribution is -2.18. The van der Waals surface area contributed by atoms with Crippen LogP contribution in [0.25, 0.3) is 22.0 Å². The molecule has 0 saturated carbocycles. The van der Waals surface area contributed by atoms with Crippen molar-refractivity contribution in [2.45, 2.75) is 18.9 Å². The van der Waals surface area contributed by atoms with E-state index in [1.54, 1.807) is 18.3 Å². The van der Waals surface area contributed by atoms with E-state index in [0.29, 0.717) is 17.8 Å². The van der Waals surface area contributed by atoms with Crippen LogP contribution in [-0.4, -0.2) is 28.7 Å². The van der Waals surface area contributed by atoms with Crippen molar-refractivity contribution in [2.24, 2.45) is 0 Å². The van der Waals surface area contributed by atoms with Gasteiger partial charge in [0.1, 0.15) is 5.82 Å². The van der Waals surface area contributed by atoms with Crippen molar-refractivity contribution in [3.63, 3.8) is 0 Å². The molecule has 4 heteroatoms. The van der Waals surface area contributed by atoms with Crippen molar-refractivity contribution in [3.8, 4) is 11.3 Å². The smallest absolute Gasteiger partial charge is 0.137 e. The monoisotopic (exact) mass is 383 g/mol. The van der Waals surface area contributed by atoms with Gasteiger partial charge in [-0.1, -0.05) is 48.5 Å². The first-order valence-electron chi connectivity index (χ1n) is 9.97. The average Bonchev–Trinajstić information content (AvgIpc) is 2.93. The Morgan fingerprint density at radius 1 is 0.966 bits per heavy atom. The molecule has 0 saturated heterocycles. The molecule has 3 nitrogen and oxygen atoms in total. The molecule has 5 rings (SSSR count). The van der Waals surface area contributed by atoms with Crippen LogP contribution in [0, 0.1) is 5.82 Å². The Balaban J connectivity index is 1.65. The number of rotatable bonds is 2. The zero-order valence-corrected chi connectivity index (χ0v) is 16.3. The maximum absolute atomic E-state index is 15.6. The van der Waals surface area contributed by atoms with Gasteiger partial charge in [-0.2, -0.15) is 10.2 Å². The summed E-state index contributed by atoms with van der Waals surface area (Å²) < 4.78 is 15.6. The topological polar surface area (TPSA) is 29.0 Å². The zero-order chi connectivity index (χ0) is 19.8. The highest BCUT2D eigenvalue weighted by atomic mass is 19.1. The summed E-state index contributed by atoms with van der Waals surface area (Å²) in [6, 6.07) is 22.5. The van der Waals surface area contributed by atoms with Gasteiger partial charge in [0.15, 0.2) is 0 Å². The van der Waals surface area contributed by atoms with Crippen LogP contribution in [-0.2, 0) is 6.54 Å². The molecular weight excluding hydrogens is 361 g/mol. The summed E-state index contributed by atoms with van der Waals surface area (Å²) in [5, 5.41) is 10.5. The molecule has 0 radical (unpaired) electrons. The molecule has 144 valence electrons. The molecule has 1 atom stereocenters. The van der Waals surface area contributed by atoms with Crippen LogP contribution in [0.4, 0.5) is 4.39 Å². The number of hydrogen-bond donors (Lipinski definition) is 0. The van der Waals surface area contributed by atoms with Gasteiger partial charge in [-0.15, -0.1) is 0 Å². The lowest BCUT2D eigenvalue weighted by molar-refractivity contribution is 0.324. The fraction of sp³-hybridized carbons (Fsp3) is 0.200. The molecule has 0 aliphatic carbocycles. The van der Waals surface area contributed by atoms with E-state index in [0.717, 1.165) is 24.1 Å². The van der Waals surface area contributed by atoms with Crippen LogP contribution in [0.2, 0.25) is 0 Å². The second-order valence-corrected chi connectivity index (χ2v) is 7.79. The number of fused-ring (bicyclic) bond motifs is 2. The van der Waals surface area contributed by atoms with Gasteiger partial charge in [0.2, 0.25) is 0 Å². The second-order valence-electron chi connectivity index (χ2n) is 7.79. The Kier molecular flexibility index (Phi) is 4.57. The van der Waals surface area contributed by atoms with E-state index in [4.69, 9.17) is 0 Å². The highest BCUT2D eigenvalue weighted by Crippen LogP contribution is 2.38. The fourth-order valence-electron chi connectivity index (χ4n) is 4.39. The number of hydrogen-bond acceptors (Lipinski definition) is 3. The third-order valence-electron chi connectivity index (χ3n) is 5.91. The predicted octanol–water partition coefficient (Wildman–Crippen LogP) is 5.40. The van der Waals surface area contributed by atoms with E-state index in [-0.39, 0.29) is 11.7 Å². The Bertz CT molecular complexity index is 1170. The van der Waals surface area contributed by atoms with Crippen molar-refractivity contribution in [2.75, 3.05) is 13.6 Å². The largest absolute Gasteiger partial charge is 0.302 e. The summed E-state index contributed by atoms with van der Waals surface area (Å²) in [5.41, 5.74) is 4.18. The van der Waals surface area contributed by atoms with E-state index in [9.17, 15) is 0 Å². The summed E-state index contributed by atoms with van der Waals surface area (Å²) in [4.78, 5) is 2.20. The van der Waals surface area contributed by atoms with Gasteiger partial charge in [-0.05, 0) is 60.1 Å². The summed E-state index contributed by atoms with van der Waals surface area (Å²) in [6.45, 7) is 1.52. The summed E-state index contributed by atoms with van der Waals surface area (Å²) in [5.74, 6) is -0.00694. The van der Waals surface area contributed by atoms with Crippen molar-refractivity contribution < 1.29 is 4.39 Å². The molecule has 0 fully saturated rings. The number of aromatic nitrogens is 2.